The molecule has 0 aliphatic rings. The van der Waals surface area contributed by atoms with Crippen LogP contribution in [-0.2, 0) is 11.3 Å². The molecule has 0 fully saturated rings. The van der Waals surface area contributed by atoms with Crippen LogP contribution in [0.1, 0.15) is 5.69 Å². The van der Waals surface area contributed by atoms with E-state index in [0.717, 1.165) is 10.2 Å². The van der Waals surface area contributed by atoms with Gasteiger partial charge in [-0.2, -0.15) is 0 Å². The fourth-order valence-corrected chi connectivity index (χ4v) is 2.25. The second-order valence-electron chi connectivity index (χ2n) is 3.91. The van der Waals surface area contributed by atoms with E-state index in [2.05, 4.69) is 21.2 Å². The van der Waals surface area contributed by atoms with Gasteiger partial charge >= 0.3 is 0 Å². The summed E-state index contributed by atoms with van der Waals surface area (Å²) in [6.45, 7) is 0.168. The minimum absolute atomic E-state index is 0.138. The first-order chi connectivity index (χ1) is 9.08. The van der Waals surface area contributed by atoms with E-state index in [9.17, 15) is 4.79 Å². The Kier molecular flexibility index (Phi) is 4.34. The van der Waals surface area contributed by atoms with Crippen molar-refractivity contribution in [3.63, 3.8) is 0 Å². The van der Waals surface area contributed by atoms with Gasteiger partial charge in [0.1, 0.15) is 11.5 Å². The SMILES string of the molecule is NC(=S)c1cccn1CC(=O)Nc1ccccc1Br. The highest BCUT2D eigenvalue weighted by atomic mass is 79.9. The van der Waals surface area contributed by atoms with Crippen LogP contribution in [-0.4, -0.2) is 15.5 Å². The molecular weight excluding hydrogens is 326 g/mol. The lowest BCUT2D eigenvalue weighted by Crippen LogP contribution is -2.22. The van der Waals surface area contributed by atoms with Crippen molar-refractivity contribution in [3.8, 4) is 0 Å². The maximum atomic E-state index is 12.0. The predicted molar refractivity (Wildman–Crippen MR) is 83.1 cm³/mol. The zero-order valence-electron chi connectivity index (χ0n) is 9.97. The molecule has 4 nitrogen and oxygen atoms in total. The minimum atomic E-state index is -0.138. The molecule has 0 unspecified atom stereocenters. The van der Waals surface area contributed by atoms with E-state index in [1.807, 2.05) is 24.3 Å². The number of hydrogen-bond donors (Lipinski definition) is 2. The highest BCUT2D eigenvalue weighted by Crippen LogP contribution is 2.21. The average Bonchev–Trinajstić information content (AvgIpc) is 2.80. The largest absolute Gasteiger partial charge is 0.388 e. The van der Waals surface area contributed by atoms with E-state index >= 15 is 0 Å². The molecular formula is C13H12BrN3OS. The molecule has 1 heterocycles. The van der Waals surface area contributed by atoms with Crippen LogP contribution in [0, 0.1) is 0 Å². The number of nitrogens with zero attached hydrogens (tertiary/aromatic N) is 1. The van der Waals surface area contributed by atoms with E-state index in [1.54, 1.807) is 22.9 Å². The van der Waals surface area contributed by atoms with Gasteiger partial charge in [-0.1, -0.05) is 24.4 Å². The monoisotopic (exact) mass is 337 g/mol. The molecule has 0 radical (unpaired) electrons. The molecule has 2 rings (SSSR count). The van der Waals surface area contributed by atoms with Crippen molar-refractivity contribution in [2.24, 2.45) is 5.73 Å². The number of benzene rings is 1. The molecule has 0 saturated carbocycles. The summed E-state index contributed by atoms with van der Waals surface area (Å²) in [5, 5.41) is 2.82. The van der Waals surface area contributed by atoms with Crippen molar-refractivity contribution in [2.45, 2.75) is 6.54 Å². The average molecular weight is 338 g/mol. The van der Waals surface area contributed by atoms with Gasteiger partial charge in [-0.25, -0.2) is 0 Å². The number of rotatable bonds is 4. The number of aromatic nitrogens is 1. The van der Waals surface area contributed by atoms with Crippen LogP contribution in [0.15, 0.2) is 47.1 Å². The van der Waals surface area contributed by atoms with Crippen molar-refractivity contribution >= 4 is 44.7 Å². The lowest BCUT2D eigenvalue weighted by molar-refractivity contribution is -0.116. The number of carbonyl (C=O) groups is 1. The van der Waals surface area contributed by atoms with Crippen LogP contribution in [0.3, 0.4) is 0 Å². The Morgan fingerprint density at radius 3 is 2.74 bits per heavy atom. The first-order valence-electron chi connectivity index (χ1n) is 5.57. The maximum Gasteiger partial charge on any atom is 0.244 e. The number of hydrogen-bond acceptors (Lipinski definition) is 2. The number of nitrogens with two attached hydrogens (primary N) is 1. The predicted octanol–water partition coefficient (Wildman–Crippen LogP) is 2.52. The first-order valence-corrected chi connectivity index (χ1v) is 6.77. The third kappa shape index (κ3) is 3.42. The molecule has 0 aliphatic heterocycles. The smallest absolute Gasteiger partial charge is 0.244 e. The fraction of sp³-hybridized carbons (Fsp3) is 0.0769. The van der Waals surface area contributed by atoms with Gasteiger partial charge in [-0.05, 0) is 40.2 Å². The number of halogens is 1. The summed E-state index contributed by atoms with van der Waals surface area (Å²) >= 11 is 8.30. The van der Waals surface area contributed by atoms with Crippen LogP contribution < -0.4 is 11.1 Å². The van der Waals surface area contributed by atoms with Crippen LogP contribution in [0.25, 0.3) is 0 Å². The van der Waals surface area contributed by atoms with Gasteiger partial charge < -0.3 is 15.6 Å². The van der Waals surface area contributed by atoms with Gasteiger partial charge in [0, 0.05) is 10.7 Å². The molecule has 0 atom stereocenters. The van der Waals surface area contributed by atoms with Crippen molar-refractivity contribution in [3.05, 3.63) is 52.8 Å². The van der Waals surface area contributed by atoms with Crippen LogP contribution in [0.4, 0.5) is 5.69 Å². The topological polar surface area (TPSA) is 60.0 Å². The van der Waals surface area contributed by atoms with E-state index in [-0.39, 0.29) is 17.4 Å². The lowest BCUT2D eigenvalue weighted by atomic mass is 10.3. The van der Waals surface area contributed by atoms with Gasteiger partial charge in [-0.15, -0.1) is 0 Å². The highest BCUT2D eigenvalue weighted by molar-refractivity contribution is 9.10. The Morgan fingerprint density at radius 1 is 1.32 bits per heavy atom. The molecule has 2 aromatic rings. The molecule has 1 aromatic carbocycles. The van der Waals surface area contributed by atoms with E-state index in [0.29, 0.717) is 5.69 Å². The first kappa shape index (κ1) is 13.8. The number of nitrogens with one attached hydrogen (secondary N) is 1. The second kappa shape index (κ2) is 5.99. The minimum Gasteiger partial charge on any atom is -0.388 e. The molecule has 0 aliphatic carbocycles. The maximum absolute atomic E-state index is 12.0. The summed E-state index contributed by atoms with van der Waals surface area (Å²) in [5.74, 6) is -0.138. The van der Waals surface area contributed by atoms with Gasteiger partial charge in [0.15, 0.2) is 0 Å². The lowest BCUT2D eigenvalue weighted by Gasteiger charge is -2.10. The molecule has 1 aromatic heterocycles. The Labute approximate surface area is 124 Å². The molecule has 19 heavy (non-hydrogen) atoms. The molecule has 0 bridgehead atoms. The number of thiocarbonyl (C=S) groups is 1. The number of para-hydroxylation sites is 1. The Balaban J connectivity index is 2.08. The quantitative estimate of drug-likeness (QED) is 0.843. The number of anilines is 1. The van der Waals surface area contributed by atoms with E-state index in [4.69, 9.17) is 18.0 Å². The van der Waals surface area contributed by atoms with Gasteiger partial charge in [0.2, 0.25) is 5.91 Å². The summed E-state index contributed by atoms with van der Waals surface area (Å²) in [6.07, 6.45) is 1.77. The molecule has 0 saturated heterocycles. The Hall–Kier alpha value is -1.66. The Bertz CT molecular complexity index is 624. The van der Waals surface area contributed by atoms with Crippen LogP contribution in [0.2, 0.25) is 0 Å². The van der Waals surface area contributed by atoms with Crippen molar-refractivity contribution < 1.29 is 4.79 Å². The molecule has 6 heteroatoms. The molecule has 1 amide bonds. The number of amides is 1. The second-order valence-corrected chi connectivity index (χ2v) is 5.21. The summed E-state index contributed by atoms with van der Waals surface area (Å²) in [5.41, 5.74) is 6.99. The van der Waals surface area contributed by atoms with Crippen molar-refractivity contribution in [2.75, 3.05) is 5.32 Å². The third-order valence-electron chi connectivity index (χ3n) is 2.54. The van der Waals surface area contributed by atoms with Gasteiger partial charge in [0.05, 0.1) is 11.4 Å². The van der Waals surface area contributed by atoms with Gasteiger partial charge in [0.25, 0.3) is 0 Å². The standard InChI is InChI=1S/C13H12BrN3OS/c14-9-4-1-2-5-10(9)16-12(18)8-17-7-3-6-11(17)13(15)19/h1-7H,8H2,(H2,15,19)(H,16,18). The van der Waals surface area contributed by atoms with E-state index in [1.165, 1.54) is 0 Å². The molecule has 3 N–H and O–H groups in total. The number of carbonyl (C=O) groups excluding carboxylic acids is 1. The zero-order chi connectivity index (χ0) is 13.8. The van der Waals surface area contributed by atoms with E-state index < -0.39 is 0 Å². The molecule has 0 spiro atoms. The summed E-state index contributed by atoms with van der Waals surface area (Å²) in [4.78, 5) is 12.2. The van der Waals surface area contributed by atoms with Crippen molar-refractivity contribution in [1.29, 1.82) is 0 Å². The Morgan fingerprint density at radius 2 is 2.05 bits per heavy atom. The van der Waals surface area contributed by atoms with Gasteiger partial charge in [-0.3, -0.25) is 4.79 Å². The summed E-state index contributed by atoms with van der Waals surface area (Å²) < 4.78 is 2.56. The molecule has 98 valence electrons. The zero-order valence-corrected chi connectivity index (χ0v) is 12.4. The summed E-state index contributed by atoms with van der Waals surface area (Å²) in [6, 6.07) is 11.0. The normalized spacial score (nSPS) is 10.2. The van der Waals surface area contributed by atoms with Crippen LogP contribution in [0.5, 0.6) is 0 Å². The highest BCUT2D eigenvalue weighted by Gasteiger charge is 2.09. The van der Waals surface area contributed by atoms with Crippen LogP contribution >= 0.6 is 28.1 Å². The summed E-state index contributed by atoms with van der Waals surface area (Å²) in [7, 11) is 0. The fourth-order valence-electron chi connectivity index (χ4n) is 1.68. The van der Waals surface area contributed by atoms with Crippen molar-refractivity contribution in [1.82, 2.24) is 4.57 Å². The third-order valence-corrected chi connectivity index (χ3v) is 3.44.